The Kier molecular flexibility index (Phi) is 5.34. The minimum absolute atomic E-state index is 0.0733. The van der Waals surface area contributed by atoms with Crippen molar-refractivity contribution in [2.45, 2.75) is 26.2 Å². The molecule has 0 aliphatic carbocycles. The molecule has 1 amide bonds. The largest absolute Gasteiger partial charge is 0.343 e. The molecule has 3 heteroatoms. The molecule has 0 fully saturated rings. The van der Waals surface area contributed by atoms with Crippen LogP contribution in [0.2, 0.25) is 0 Å². The van der Waals surface area contributed by atoms with Crippen LogP contribution in [0, 0.1) is 0 Å². The zero-order valence-electron chi connectivity index (χ0n) is 12.9. The van der Waals surface area contributed by atoms with Crippen LogP contribution >= 0.6 is 0 Å². The summed E-state index contributed by atoms with van der Waals surface area (Å²) < 4.78 is 0. The molecule has 0 heterocycles. The van der Waals surface area contributed by atoms with E-state index in [0.717, 1.165) is 13.1 Å². The second kappa shape index (κ2) is 7.23. The van der Waals surface area contributed by atoms with Crippen molar-refractivity contribution < 1.29 is 4.79 Å². The summed E-state index contributed by atoms with van der Waals surface area (Å²) in [5, 5.41) is 2.39. The normalized spacial score (nSPS) is 12.3. The quantitative estimate of drug-likeness (QED) is 0.885. The standard InChI is InChI=1S/C18H24N2O/c1-3-20(4-2)18(21)12-15(13-19)17-11-7-9-14-8-5-6-10-16(14)17/h5-11,15H,3-4,12-13,19H2,1-2H3. The van der Waals surface area contributed by atoms with Gasteiger partial charge in [-0.25, -0.2) is 0 Å². The summed E-state index contributed by atoms with van der Waals surface area (Å²) in [5.74, 6) is 0.257. The molecule has 0 spiro atoms. The van der Waals surface area contributed by atoms with Crippen molar-refractivity contribution in [3.63, 3.8) is 0 Å². The van der Waals surface area contributed by atoms with E-state index in [0.29, 0.717) is 13.0 Å². The minimum Gasteiger partial charge on any atom is -0.343 e. The first-order chi connectivity index (χ1) is 10.2. The molecule has 2 rings (SSSR count). The van der Waals surface area contributed by atoms with Gasteiger partial charge in [0.1, 0.15) is 0 Å². The zero-order chi connectivity index (χ0) is 15.2. The number of nitrogens with zero attached hydrogens (tertiary/aromatic N) is 1. The molecule has 0 radical (unpaired) electrons. The highest BCUT2D eigenvalue weighted by Crippen LogP contribution is 2.27. The lowest BCUT2D eigenvalue weighted by Crippen LogP contribution is -2.32. The molecule has 0 saturated heterocycles. The SMILES string of the molecule is CCN(CC)C(=O)CC(CN)c1cccc2ccccc12. The van der Waals surface area contributed by atoms with Crippen molar-refractivity contribution in [3.8, 4) is 0 Å². The van der Waals surface area contributed by atoms with E-state index in [4.69, 9.17) is 5.73 Å². The summed E-state index contributed by atoms with van der Waals surface area (Å²) in [6, 6.07) is 14.5. The summed E-state index contributed by atoms with van der Waals surface area (Å²) in [5.41, 5.74) is 7.13. The monoisotopic (exact) mass is 284 g/mol. The Labute approximate surface area is 126 Å². The second-order valence-electron chi connectivity index (χ2n) is 5.27. The fourth-order valence-corrected chi connectivity index (χ4v) is 2.84. The number of carbonyl (C=O) groups is 1. The molecular weight excluding hydrogens is 260 g/mol. The maximum absolute atomic E-state index is 12.4. The first kappa shape index (κ1) is 15.5. The molecule has 112 valence electrons. The molecule has 0 aromatic heterocycles. The Bertz CT molecular complexity index is 600. The molecule has 0 bridgehead atoms. The van der Waals surface area contributed by atoms with Gasteiger partial charge in [-0.3, -0.25) is 4.79 Å². The number of fused-ring (bicyclic) bond motifs is 1. The molecule has 0 aliphatic heterocycles. The maximum atomic E-state index is 12.4. The van der Waals surface area contributed by atoms with E-state index < -0.39 is 0 Å². The number of amides is 1. The molecular formula is C18H24N2O. The summed E-state index contributed by atoms with van der Waals surface area (Å²) in [6.07, 6.45) is 0.478. The van der Waals surface area contributed by atoms with Crippen molar-refractivity contribution >= 4 is 16.7 Å². The second-order valence-corrected chi connectivity index (χ2v) is 5.27. The molecule has 0 saturated carbocycles. The van der Waals surface area contributed by atoms with E-state index in [1.54, 1.807) is 0 Å². The smallest absolute Gasteiger partial charge is 0.223 e. The van der Waals surface area contributed by atoms with Gasteiger partial charge in [0, 0.05) is 25.4 Å². The lowest BCUT2D eigenvalue weighted by atomic mass is 9.90. The van der Waals surface area contributed by atoms with Crippen molar-refractivity contribution in [1.29, 1.82) is 0 Å². The lowest BCUT2D eigenvalue weighted by Gasteiger charge is -2.23. The summed E-state index contributed by atoms with van der Waals surface area (Å²) in [7, 11) is 0. The third-order valence-corrected chi connectivity index (χ3v) is 4.08. The fourth-order valence-electron chi connectivity index (χ4n) is 2.84. The Morgan fingerprint density at radius 3 is 2.43 bits per heavy atom. The number of hydrogen-bond acceptors (Lipinski definition) is 2. The average Bonchev–Trinajstić information content (AvgIpc) is 2.53. The van der Waals surface area contributed by atoms with Gasteiger partial charge in [0.25, 0.3) is 0 Å². The van der Waals surface area contributed by atoms with Crippen molar-refractivity contribution in [3.05, 3.63) is 48.0 Å². The van der Waals surface area contributed by atoms with Crippen LogP contribution in [0.5, 0.6) is 0 Å². The van der Waals surface area contributed by atoms with Crippen LogP contribution in [0.1, 0.15) is 31.7 Å². The Morgan fingerprint density at radius 1 is 1.10 bits per heavy atom. The molecule has 2 aromatic rings. The Hall–Kier alpha value is -1.87. The maximum Gasteiger partial charge on any atom is 0.223 e. The molecule has 2 aromatic carbocycles. The van der Waals surface area contributed by atoms with Gasteiger partial charge in [0.15, 0.2) is 0 Å². The van der Waals surface area contributed by atoms with Crippen LogP contribution in [0.4, 0.5) is 0 Å². The number of carbonyl (C=O) groups excluding carboxylic acids is 1. The lowest BCUT2D eigenvalue weighted by molar-refractivity contribution is -0.131. The van der Waals surface area contributed by atoms with Crippen LogP contribution in [0.25, 0.3) is 10.8 Å². The Balaban J connectivity index is 2.30. The molecule has 2 N–H and O–H groups in total. The van der Waals surface area contributed by atoms with E-state index in [1.807, 2.05) is 36.9 Å². The molecule has 0 aliphatic rings. The molecule has 21 heavy (non-hydrogen) atoms. The first-order valence-electron chi connectivity index (χ1n) is 7.66. The number of rotatable bonds is 6. The summed E-state index contributed by atoms with van der Waals surface area (Å²) in [6.45, 7) is 6.01. The van der Waals surface area contributed by atoms with Crippen molar-refractivity contribution in [2.75, 3.05) is 19.6 Å². The molecule has 1 unspecified atom stereocenters. The van der Waals surface area contributed by atoms with Gasteiger partial charge in [-0.2, -0.15) is 0 Å². The van der Waals surface area contributed by atoms with Crippen LogP contribution in [-0.2, 0) is 4.79 Å². The third-order valence-electron chi connectivity index (χ3n) is 4.08. The number of nitrogens with two attached hydrogens (primary N) is 1. The van der Waals surface area contributed by atoms with Crippen molar-refractivity contribution in [2.24, 2.45) is 5.73 Å². The van der Waals surface area contributed by atoms with Crippen LogP contribution < -0.4 is 5.73 Å². The predicted molar refractivity (Wildman–Crippen MR) is 88.3 cm³/mol. The van der Waals surface area contributed by atoms with Gasteiger partial charge >= 0.3 is 0 Å². The topological polar surface area (TPSA) is 46.3 Å². The average molecular weight is 284 g/mol. The summed E-state index contributed by atoms with van der Waals surface area (Å²) >= 11 is 0. The molecule has 3 nitrogen and oxygen atoms in total. The van der Waals surface area contributed by atoms with Gasteiger partial charge in [-0.1, -0.05) is 42.5 Å². The Morgan fingerprint density at radius 2 is 1.76 bits per heavy atom. The van der Waals surface area contributed by atoms with Crippen LogP contribution in [0.15, 0.2) is 42.5 Å². The first-order valence-corrected chi connectivity index (χ1v) is 7.66. The zero-order valence-corrected chi connectivity index (χ0v) is 12.9. The van der Waals surface area contributed by atoms with Gasteiger partial charge in [0.2, 0.25) is 5.91 Å². The highest BCUT2D eigenvalue weighted by molar-refractivity contribution is 5.87. The number of hydrogen-bond donors (Lipinski definition) is 1. The van der Waals surface area contributed by atoms with Crippen molar-refractivity contribution in [1.82, 2.24) is 4.90 Å². The van der Waals surface area contributed by atoms with E-state index in [-0.39, 0.29) is 11.8 Å². The highest BCUT2D eigenvalue weighted by Gasteiger charge is 2.19. The van der Waals surface area contributed by atoms with E-state index in [2.05, 4.69) is 24.3 Å². The van der Waals surface area contributed by atoms with Gasteiger partial charge in [0.05, 0.1) is 0 Å². The van der Waals surface area contributed by atoms with Gasteiger partial charge < -0.3 is 10.6 Å². The minimum atomic E-state index is 0.0733. The van der Waals surface area contributed by atoms with Crippen LogP contribution in [-0.4, -0.2) is 30.4 Å². The van der Waals surface area contributed by atoms with Gasteiger partial charge in [-0.15, -0.1) is 0 Å². The summed E-state index contributed by atoms with van der Waals surface area (Å²) in [4.78, 5) is 14.2. The van der Waals surface area contributed by atoms with Gasteiger partial charge in [-0.05, 0) is 36.7 Å². The van der Waals surface area contributed by atoms with E-state index in [1.165, 1.54) is 16.3 Å². The number of benzene rings is 2. The van der Waals surface area contributed by atoms with E-state index in [9.17, 15) is 4.79 Å². The third kappa shape index (κ3) is 3.42. The molecule has 1 atom stereocenters. The fraction of sp³-hybridized carbons (Fsp3) is 0.389. The predicted octanol–water partition coefficient (Wildman–Crippen LogP) is 3.14. The van der Waals surface area contributed by atoms with Crippen LogP contribution in [0.3, 0.4) is 0 Å². The van der Waals surface area contributed by atoms with E-state index >= 15 is 0 Å². The highest BCUT2D eigenvalue weighted by atomic mass is 16.2.